The minimum Gasteiger partial charge on any atom is -0.352 e. The van der Waals surface area contributed by atoms with Gasteiger partial charge in [0.2, 0.25) is 0 Å². The zero-order valence-electron chi connectivity index (χ0n) is 11.2. The zero-order chi connectivity index (χ0) is 15.0. The van der Waals surface area contributed by atoms with Gasteiger partial charge < -0.3 is 11.1 Å². The monoisotopic (exact) mass is 288 g/mol. The van der Waals surface area contributed by atoms with E-state index >= 15 is 0 Å². The van der Waals surface area contributed by atoms with Crippen LogP contribution >= 0.6 is 0 Å². The van der Waals surface area contributed by atoms with Gasteiger partial charge in [-0.25, -0.2) is 8.78 Å². The fourth-order valence-corrected chi connectivity index (χ4v) is 2.56. The number of hydrogen-bond donors (Lipinski definition) is 2. The smallest absolute Gasteiger partial charge is 0.251 e. The lowest BCUT2D eigenvalue weighted by Crippen LogP contribution is -2.32. The van der Waals surface area contributed by atoms with E-state index in [2.05, 4.69) is 5.32 Å². The Kier molecular flexibility index (Phi) is 3.43. The van der Waals surface area contributed by atoms with E-state index in [1.807, 2.05) is 6.07 Å². The average Bonchev–Trinajstić information content (AvgIpc) is 2.47. The van der Waals surface area contributed by atoms with Gasteiger partial charge in [0.05, 0.1) is 6.04 Å². The molecule has 1 atom stereocenters. The molecule has 3 rings (SSSR count). The lowest BCUT2D eigenvalue weighted by Gasteiger charge is -2.20. The number of carbonyl (C=O) groups excluding carboxylic acids is 1. The molecule has 0 saturated carbocycles. The molecule has 0 spiro atoms. The van der Waals surface area contributed by atoms with Gasteiger partial charge in [0.1, 0.15) is 11.6 Å². The Labute approximate surface area is 120 Å². The Balaban J connectivity index is 2.00. The largest absolute Gasteiger partial charge is 0.352 e. The minimum absolute atomic E-state index is 0.148. The maximum atomic E-state index is 13.8. The van der Waals surface area contributed by atoms with Crippen molar-refractivity contribution in [3.05, 3.63) is 70.3 Å². The van der Waals surface area contributed by atoms with Crippen LogP contribution in [0.2, 0.25) is 0 Å². The molecule has 3 N–H and O–H groups in total. The van der Waals surface area contributed by atoms with Gasteiger partial charge in [0, 0.05) is 23.7 Å². The molecule has 0 saturated heterocycles. The molecule has 108 valence electrons. The maximum Gasteiger partial charge on any atom is 0.251 e. The third-order valence-corrected chi connectivity index (χ3v) is 3.72. The Bertz CT molecular complexity index is 715. The topological polar surface area (TPSA) is 55.1 Å². The molecule has 3 nitrogen and oxygen atoms in total. The van der Waals surface area contributed by atoms with E-state index in [0.29, 0.717) is 17.7 Å². The van der Waals surface area contributed by atoms with Crippen LogP contribution in [-0.4, -0.2) is 12.5 Å². The van der Waals surface area contributed by atoms with Crippen LogP contribution < -0.4 is 11.1 Å². The summed E-state index contributed by atoms with van der Waals surface area (Å²) < 4.78 is 26.8. The van der Waals surface area contributed by atoms with Crippen LogP contribution in [0.4, 0.5) is 8.78 Å². The van der Waals surface area contributed by atoms with Gasteiger partial charge >= 0.3 is 0 Å². The van der Waals surface area contributed by atoms with Crippen molar-refractivity contribution in [2.75, 3.05) is 6.54 Å². The average molecular weight is 288 g/mol. The molecular formula is C16H14F2N2O. The van der Waals surface area contributed by atoms with Crippen molar-refractivity contribution in [2.24, 2.45) is 5.73 Å². The normalized spacial score (nSPS) is 15.3. The molecule has 1 heterocycles. The maximum absolute atomic E-state index is 13.8. The van der Waals surface area contributed by atoms with E-state index in [1.165, 1.54) is 12.1 Å². The number of hydrogen-bond acceptors (Lipinski definition) is 2. The first-order valence-corrected chi connectivity index (χ1v) is 6.68. The number of halogens is 2. The first-order valence-electron chi connectivity index (χ1n) is 6.68. The molecule has 1 aliphatic heterocycles. The molecule has 0 bridgehead atoms. The quantitative estimate of drug-likeness (QED) is 0.891. The highest BCUT2D eigenvalue weighted by Crippen LogP contribution is 2.25. The van der Waals surface area contributed by atoms with Crippen LogP contribution in [0.25, 0.3) is 0 Å². The van der Waals surface area contributed by atoms with E-state index in [0.717, 1.165) is 18.1 Å². The van der Waals surface area contributed by atoms with Gasteiger partial charge in [-0.2, -0.15) is 0 Å². The highest BCUT2D eigenvalue weighted by Gasteiger charge is 2.20. The van der Waals surface area contributed by atoms with Gasteiger partial charge in [-0.3, -0.25) is 4.79 Å². The van der Waals surface area contributed by atoms with Gasteiger partial charge in [0.25, 0.3) is 5.91 Å². The van der Waals surface area contributed by atoms with Crippen LogP contribution in [0.1, 0.15) is 33.1 Å². The lowest BCUT2D eigenvalue weighted by atomic mass is 9.92. The Hall–Kier alpha value is -2.27. The predicted molar refractivity (Wildman–Crippen MR) is 74.9 cm³/mol. The van der Waals surface area contributed by atoms with Crippen molar-refractivity contribution in [1.29, 1.82) is 0 Å². The van der Waals surface area contributed by atoms with Gasteiger partial charge in [0.15, 0.2) is 0 Å². The van der Waals surface area contributed by atoms with E-state index in [1.54, 1.807) is 12.1 Å². The number of fused-ring (bicyclic) bond motifs is 1. The van der Waals surface area contributed by atoms with Gasteiger partial charge in [-0.15, -0.1) is 0 Å². The van der Waals surface area contributed by atoms with E-state index in [-0.39, 0.29) is 11.5 Å². The van der Waals surface area contributed by atoms with Crippen LogP contribution in [-0.2, 0) is 6.42 Å². The Morgan fingerprint density at radius 3 is 2.71 bits per heavy atom. The molecule has 0 aliphatic carbocycles. The standard InChI is InChI=1S/C16H14F2N2O/c17-11-3-4-12(14(18)8-11)15(19)10-2-1-9-5-6-20-16(21)13(9)7-10/h1-4,7-8,15H,5-6,19H2,(H,20,21). The Morgan fingerprint density at radius 2 is 1.95 bits per heavy atom. The zero-order valence-corrected chi connectivity index (χ0v) is 11.2. The number of rotatable bonds is 2. The summed E-state index contributed by atoms with van der Waals surface area (Å²) in [5.74, 6) is -1.48. The molecule has 2 aromatic rings. The Morgan fingerprint density at radius 1 is 1.14 bits per heavy atom. The van der Waals surface area contributed by atoms with Crippen molar-refractivity contribution >= 4 is 5.91 Å². The van der Waals surface area contributed by atoms with Crippen LogP contribution in [0.15, 0.2) is 36.4 Å². The van der Waals surface area contributed by atoms with Crippen molar-refractivity contribution in [2.45, 2.75) is 12.5 Å². The fraction of sp³-hybridized carbons (Fsp3) is 0.188. The molecule has 1 unspecified atom stereocenters. The summed E-state index contributed by atoms with van der Waals surface area (Å²) in [6, 6.07) is 7.86. The molecule has 1 amide bonds. The fourth-order valence-electron chi connectivity index (χ4n) is 2.56. The number of carbonyl (C=O) groups is 1. The molecule has 2 aromatic carbocycles. The summed E-state index contributed by atoms with van der Waals surface area (Å²) in [5.41, 5.74) is 8.39. The summed E-state index contributed by atoms with van der Waals surface area (Å²) in [7, 11) is 0. The van der Waals surface area contributed by atoms with E-state index in [4.69, 9.17) is 5.73 Å². The van der Waals surface area contributed by atoms with Crippen LogP contribution in [0.5, 0.6) is 0 Å². The predicted octanol–water partition coefficient (Wildman–Crippen LogP) is 2.30. The molecule has 0 aromatic heterocycles. The second-order valence-corrected chi connectivity index (χ2v) is 5.07. The second-order valence-electron chi connectivity index (χ2n) is 5.07. The van der Waals surface area contributed by atoms with E-state index < -0.39 is 17.7 Å². The van der Waals surface area contributed by atoms with E-state index in [9.17, 15) is 13.6 Å². The first-order chi connectivity index (χ1) is 10.1. The molecule has 21 heavy (non-hydrogen) atoms. The number of benzene rings is 2. The van der Waals surface area contributed by atoms with Crippen molar-refractivity contribution in [3.63, 3.8) is 0 Å². The third-order valence-electron chi connectivity index (χ3n) is 3.72. The summed E-state index contributed by atoms with van der Waals surface area (Å²) in [6.45, 7) is 0.615. The highest BCUT2D eigenvalue weighted by atomic mass is 19.1. The van der Waals surface area contributed by atoms with Gasteiger partial charge in [-0.1, -0.05) is 18.2 Å². The van der Waals surface area contributed by atoms with Crippen LogP contribution in [0, 0.1) is 11.6 Å². The summed E-state index contributed by atoms with van der Waals surface area (Å²) in [6.07, 6.45) is 0.765. The lowest BCUT2D eigenvalue weighted by molar-refractivity contribution is 0.0946. The third kappa shape index (κ3) is 2.52. The van der Waals surface area contributed by atoms with Crippen molar-refractivity contribution in [1.82, 2.24) is 5.32 Å². The summed E-state index contributed by atoms with van der Waals surface area (Å²) >= 11 is 0. The molecule has 0 radical (unpaired) electrons. The SMILES string of the molecule is NC(c1ccc2c(c1)C(=O)NCC2)c1ccc(F)cc1F. The minimum atomic E-state index is -0.745. The second kappa shape index (κ2) is 5.26. The number of nitrogens with one attached hydrogen (secondary N) is 1. The van der Waals surface area contributed by atoms with Crippen molar-refractivity contribution < 1.29 is 13.6 Å². The number of nitrogens with two attached hydrogens (primary N) is 1. The molecule has 0 fully saturated rings. The highest BCUT2D eigenvalue weighted by molar-refractivity contribution is 5.96. The summed E-state index contributed by atoms with van der Waals surface area (Å²) in [4.78, 5) is 11.8. The molecule has 5 heteroatoms. The number of amides is 1. The first kappa shape index (κ1) is 13.7. The van der Waals surface area contributed by atoms with Gasteiger partial charge in [-0.05, 0) is 29.7 Å². The molecular weight excluding hydrogens is 274 g/mol. The van der Waals surface area contributed by atoms with Crippen molar-refractivity contribution in [3.8, 4) is 0 Å². The van der Waals surface area contributed by atoms with Crippen LogP contribution in [0.3, 0.4) is 0 Å². The summed E-state index contributed by atoms with van der Waals surface area (Å²) in [5, 5.41) is 2.76. The molecule has 1 aliphatic rings.